The lowest BCUT2D eigenvalue weighted by Crippen LogP contribution is -2.66. The number of allylic oxidation sites excluding steroid dienone is 2. The molecule has 4 aliphatic heterocycles. The first-order valence-electron chi connectivity index (χ1n) is 28.6. The number of carboxylic acids is 1. The van der Waals surface area contributed by atoms with Crippen molar-refractivity contribution < 1.29 is 143 Å². The number of carbonyl (C=O) groups excluding carboxylic acids is 3. The highest BCUT2D eigenvalue weighted by Gasteiger charge is 2.57. The number of hydrogen-bond donors (Lipinski definition) is 15. The van der Waals surface area contributed by atoms with E-state index in [0.29, 0.717) is 51.4 Å². The van der Waals surface area contributed by atoms with E-state index in [9.17, 15) is 90.7 Å². The molecule has 472 valence electrons. The first-order valence-corrected chi connectivity index (χ1v) is 28.6. The maximum Gasteiger partial charge on any atom is 0.330 e. The van der Waals surface area contributed by atoms with Crippen LogP contribution in [-0.2, 0) is 66.5 Å². The van der Waals surface area contributed by atoms with Gasteiger partial charge in [-0.15, -0.1) is 0 Å². The molecule has 29 nitrogen and oxygen atoms in total. The monoisotopic (exact) mass is 1190 g/mol. The zero-order chi connectivity index (χ0) is 60.0. The molecule has 29 heteroatoms. The van der Waals surface area contributed by atoms with E-state index in [1.807, 2.05) is 0 Å². The highest BCUT2D eigenvalue weighted by Crippen LogP contribution is 2.46. The molecule has 0 amide bonds. The number of aliphatic hydroxyl groups is 14. The first kappa shape index (κ1) is 65.5. The molecule has 4 saturated carbocycles. The molecule has 23 unspecified atom stereocenters. The molecule has 0 aromatic heterocycles. The number of hydrogen-bond acceptors (Lipinski definition) is 28. The van der Waals surface area contributed by atoms with E-state index in [-0.39, 0.29) is 43.9 Å². The standard InChI is InChI=1S/C54H82O29/c55-25-7-1-22(2-8-25)5-11-38(62)74-19-34-42(66)46(70)49(73)53(81-34)83-51-47(71)44(68)36(20-75-39(63)12-6-23-3-9-26(56)10-4-23)82-54(51)79-33-17-28-31(77-50(33)24-13-29(58)41(65)30(59)14-24)15-27(57)16-32(28)78-52-48(72)45(69)43(67)35(80-52)21-76-40(64)18-37(60)61/h5-6,11-12,22-36,41-59,65-73H,1-4,7-10,13-21H2,(H,60,61). The van der Waals surface area contributed by atoms with Crippen molar-refractivity contribution in [1.82, 2.24) is 0 Å². The largest absolute Gasteiger partial charge is 0.481 e. The van der Waals surface area contributed by atoms with Gasteiger partial charge in [0, 0.05) is 24.5 Å². The highest BCUT2D eigenvalue weighted by molar-refractivity contribution is 5.90. The minimum absolute atomic E-state index is 0.000714. The number of rotatable bonds is 19. The van der Waals surface area contributed by atoms with Crippen molar-refractivity contribution in [2.45, 2.75) is 243 Å². The fraction of sp³-hybridized carbons (Fsp3) is 0.852. The zero-order valence-corrected chi connectivity index (χ0v) is 45.5. The predicted octanol–water partition coefficient (Wildman–Crippen LogP) is -5.06. The van der Waals surface area contributed by atoms with Crippen molar-refractivity contribution in [3.63, 3.8) is 0 Å². The van der Waals surface area contributed by atoms with E-state index < -0.39 is 215 Å². The van der Waals surface area contributed by atoms with E-state index in [0.717, 1.165) is 0 Å². The molecule has 0 spiro atoms. The van der Waals surface area contributed by atoms with E-state index in [4.69, 9.17) is 52.5 Å². The molecule has 0 bridgehead atoms. The van der Waals surface area contributed by atoms with Crippen LogP contribution in [0.3, 0.4) is 0 Å². The third kappa shape index (κ3) is 16.8. The van der Waals surface area contributed by atoms with Gasteiger partial charge in [-0.2, -0.15) is 0 Å². The van der Waals surface area contributed by atoms with Gasteiger partial charge in [0.1, 0.15) is 106 Å². The zero-order valence-electron chi connectivity index (χ0n) is 45.5. The Balaban J connectivity index is 1.05. The Morgan fingerprint density at radius 2 is 0.892 bits per heavy atom. The number of ether oxygens (including phenoxy) is 10. The molecule has 8 fully saturated rings. The molecule has 0 aromatic carbocycles. The van der Waals surface area contributed by atoms with Gasteiger partial charge in [-0.3, -0.25) is 9.59 Å². The van der Waals surface area contributed by atoms with E-state index in [1.54, 1.807) is 12.2 Å². The lowest BCUT2D eigenvalue weighted by atomic mass is 9.72. The summed E-state index contributed by atoms with van der Waals surface area (Å²) >= 11 is 0. The summed E-state index contributed by atoms with van der Waals surface area (Å²) in [4.78, 5) is 49.1. The van der Waals surface area contributed by atoms with Gasteiger partial charge in [0.15, 0.2) is 18.9 Å². The molecule has 4 aliphatic carbocycles. The van der Waals surface area contributed by atoms with Crippen LogP contribution >= 0.6 is 0 Å². The van der Waals surface area contributed by atoms with Crippen LogP contribution in [0, 0.1) is 23.7 Å². The lowest BCUT2D eigenvalue weighted by Gasteiger charge is -2.53. The van der Waals surface area contributed by atoms with Crippen molar-refractivity contribution in [2.24, 2.45) is 23.7 Å². The van der Waals surface area contributed by atoms with E-state index >= 15 is 0 Å². The fourth-order valence-electron chi connectivity index (χ4n) is 12.5. The van der Waals surface area contributed by atoms with Crippen molar-refractivity contribution in [1.29, 1.82) is 0 Å². The topological polar surface area (TPSA) is 464 Å². The number of carbonyl (C=O) groups is 4. The number of esters is 3. The quantitative estimate of drug-likeness (QED) is 0.0249. The minimum atomic E-state index is -2.09. The normalized spacial score (nSPS) is 46.2. The van der Waals surface area contributed by atoms with Gasteiger partial charge in [0.25, 0.3) is 0 Å². The second-order valence-electron chi connectivity index (χ2n) is 23.4. The summed E-state index contributed by atoms with van der Waals surface area (Å²) in [5, 5.41) is 162. The lowest BCUT2D eigenvalue weighted by molar-refractivity contribution is -0.380. The molecular weight excluding hydrogens is 1110 g/mol. The molecule has 23 atom stereocenters. The summed E-state index contributed by atoms with van der Waals surface area (Å²) in [5.41, 5.74) is 0. The second kappa shape index (κ2) is 29.5. The van der Waals surface area contributed by atoms with Crippen LogP contribution < -0.4 is 0 Å². The first-order chi connectivity index (χ1) is 39.4. The van der Waals surface area contributed by atoms with E-state index in [1.165, 1.54) is 12.2 Å². The van der Waals surface area contributed by atoms with Crippen molar-refractivity contribution in [3.8, 4) is 0 Å². The fourth-order valence-corrected chi connectivity index (χ4v) is 12.5. The maximum atomic E-state index is 13.1. The molecule has 8 rings (SSSR count). The third-order valence-electron chi connectivity index (χ3n) is 17.4. The van der Waals surface area contributed by atoms with Crippen LogP contribution in [0.2, 0.25) is 0 Å². The van der Waals surface area contributed by atoms with Gasteiger partial charge in [-0.05, 0) is 94.8 Å². The number of aliphatic hydroxyl groups excluding tert-OH is 14. The summed E-state index contributed by atoms with van der Waals surface area (Å²) in [6, 6.07) is 0. The molecule has 0 aromatic rings. The van der Waals surface area contributed by atoms with Gasteiger partial charge >= 0.3 is 23.9 Å². The van der Waals surface area contributed by atoms with Crippen LogP contribution in [0.15, 0.2) is 24.3 Å². The molecule has 0 radical (unpaired) electrons. The summed E-state index contributed by atoms with van der Waals surface area (Å²) in [5.74, 6) is -6.15. The van der Waals surface area contributed by atoms with Crippen LogP contribution in [-0.4, -0.2) is 273 Å². The Labute approximate surface area is 476 Å². The molecule has 4 heterocycles. The van der Waals surface area contributed by atoms with Gasteiger partial charge in [-0.1, -0.05) is 12.2 Å². The van der Waals surface area contributed by atoms with Crippen molar-refractivity contribution >= 4 is 23.9 Å². The van der Waals surface area contributed by atoms with Crippen molar-refractivity contribution in [3.05, 3.63) is 24.3 Å². The Hall–Kier alpha value is -3.48. The molecule has 83 heavy (non-hydrogen) atoms. The number of aliphatic carboxylic acids is 1. The highest BCUT2D eigenvalue weighted by atomic mass is 16.8. The third-order valence-corrected chi connectivity index (χ3v) is 17.4. The minimum Gasteiger partial charge on any atom is -0.481 e. The molecule has 15 N–H and O–H groups in total. The molecule has 8 aliphatic rings. The van der Waals surface area contributed by atoms with Crippen LogP contribution in [0.25, 0.3) is 0 Å². The number of fused-ring (bicyclic) bond motifs is 1. The smallest absolute Gasteiger partial charge is 0.330 e. The molecular formula is C54H82O29. The number of carboxylic acid groups (broad SMARTS) is 1. The van der Waals surface area contributed by atoms with Crippen molar-refractivity contribution in [2.75, 3.05) is 19.8 Å². The Bertz CT molecular complexity index is 2160. The van der Waals surface area contributed by atoms with Crippen LogP contribution in [0.1, 0.15) is 89.9 Å². The van der Waals surface area contributed by atoms with E-state index in [2.05, 4.69) is 0 Å². The van der Waals surface area contributed by atoms with Gasteiger partial charge in [0.2, 0.25) is 0 Å². The Morgan fingerprint density at radius 1 is 0.434 bits per heavy atom. The van der Waals surface area contributed by atoms with Gasteiger partial charge in [0.05, 0.1) is 54.9 Å². The maximum absolute atomic E-state index is 13.1. The second-order valence-corrected chi connectivity index (χ2v) is 23.4. The summed E-state index contributed by atoms with van der Waals surface area (Å²) in [7, 11) is 0. The van der Waals surface area contributed by atoms with Gasteiger partial charge in [-0.25, -0.2) is 9.59 Å². The van der Waals surface area contributed by atoms with Crippen LogP contribution in [0.4, 0.5) is 0 Å². The Morgan fingerprint density at radius 3 is 1.40 bits per heavy atom. The predicted molar refractivity (Wildman–Crippen MR) is 271 cm³/mol. The summed E-state index contributed by atoms with van der Waals surface area (Å²) in [6.07, 6.45) is -30.9. The van der Waals surface area contributed by atoms with Gasteiger partial charge < -0.3 is 124 Å². The summed E-state index contributed by atoms with van der Waals surface area (Å²) in [6.45, 7) is -2.17. The van der Waals surface area contributed by atoms with Crippen LogP contribution in [0.5, 0.6) is 0 Å². The summed E-state index contributed by atoms with van der Waals surface area (Å²) < 4.78 is 59.6. The average molecular weight is 1200 g/mol. The Kier molecular flexibility index (Phi) is 23.3. The molecule has 4 saturated heterocycles. The SMILES string of the molecule is O=C(O)CC(=O)OCC1OC(OC2CC(O)CC3OC(C4CC(O)C(O)C(O)C4)C(OC4OC(COC(=O)C=CC5CCC(O)CC5)C(O)C(O)C4OC4OC(COC(=O)C=CC5CCC(O)CC5)C(O)C(O)C4O)CC23)C(O)C(O)C1O. The average Bonchev–Trinajstić information content (AvgIpc) is 2.88.